The Balaban J connectivity index is 1.15. The van der Waals surface area contributed by atoms with Crippen LogP contribution in [0.3, 0.4) is 0 Å². The quantitative estimate of drug-likeness (QED) is 0.239. The Labute approximate surface area is 238 Å². The van der Waals surface area contributed by atoms with Gasteiger partial charge in [-0.3, -0.25) is 9.78 Å². The zero-order chi connectivity index (χ0) is 29.3. The van der Waals surface area contributed by atoms with E-state index in [9.17, 15) is 18.0 Å². The molecule has 0 radical (unpaired) electrons. The third kappa shape index (κ3) is 6.01. The summed E-state index contributed by atoms with van der Waals surface area (Å²) in [6.45, 7) is 2.97. The van der Waals surface area contributed by atoms with Crippen LogP contribution in [0.4, 0.5) is 23.4 Å². The number of nitrogens with zero attached hydrogens (tertiary/aromatic N) is 4. The van der Waals surface area contributed by atoms with Crippen LogP contribution in [-0.2, 0) is 28.5 Å². The molecular formula is C31H25F4N5O2. The Morgan fingerprint density at radius 2 is 1.71 bits per heavy atom. The number of nitrogens with one attached hydrogen (secondary N) is 1. The maximum absolute atomic E-state index is 15.2. The average Bonchev–Trinajstić information content (AvgIpc) is 3.41. The van der Waals surface area contributed by atoms with Crippen molar-refractivity contribution in [3.8, 4) is 22.4 Å². The van der Waals surface area contributed by atoms with E-state index in [4.69, 9.17) is 4.74 Å². The molecule has 0 bridgehead atoms. The molecule has 1 aliphatic heterocycles. The highest BCUT2D eigenvalue weighted by molar-refractivity contribution is 5.87. The largest absolute Gasteiger partial charge is 0.416 e. The van der Waals surface area contributed by atoms with E-state index >= 15 is 4.39 Å². The summed E-state index contributed by atoms with van der Waals surface area (Å²) in [4.78, 5) is 30.9. The summed E-state index contributed by atoms with van der Waals surface area (Å²) in [5.41, 5.74) is 2.83. The van der Waals surface area contributed by atoms with E-state index in [1.165, 1.54) is 6.07 Å². The highest BCUT2D eigenvalue weighted by Gasteiger charge is 2.30. The fraction of sp³-hybridized carbons (Fsp3) is 0.226. The molecule has 0 atom stereocenters. The van der Waals surface area contributed by atoms with E-state index in [0.29, 0.717) is 35.6 Å². The molecule has 0 unspecified atom stereocenters. The molecule has 214 valence electrons. The molecule has 42 heavy (non-hydrogen) atoms. The first kappa shape index (κ1) is 27.5. The molecule has 0 saturated carbocycles. The number of hydrogen-bond acceptors (Lipinski definition) is 6. The number of anilines is 1. The molecule has 1 aromatic carbocycles. The summed E-state index contributed by atoms with van der Waals surface area (Å²) in [6, 6.07) is 13.9. The van der Waals surface area contributed by atoms with Crippen LogP contribution in [0.15, 0.2) is 73.2 Å². The van der Waals surface area contributed by atoms with Crippen LogP contribution in [0.2, 0.25) is 0 Å². The standard InChI is InChI=1S/C31H25F4N5O2/c32-27-12-19(11-25(41)16-24-15-23(5-6-36-24)31(33,34)35)1-3-26(27)22-13-21-14-28(39-30(21)38-18-22)20-2-4-29(37-17-20)40-7-9-42-10-8-40/h1-6,12-15,17-18H,7-11,16H2,(H,38,39). The van der Waals surface area contributed by atoms with Gasteiger partial charge in [0.05, 0.1) is 18.8 Å². The smallest absolute Gasteiger partial charge is 0.378 e. The molecule has 7 nitrogen and oxygen atoms in total. The number of ketones is 1. The van der Waals surface area contributed by atoms with Crippen molar-refractivity contribution < 1.29 is 27.1 Å². The lowest BCUT2D eigenvalue weighted by atomic mass is 10.00. The van der Waals surface area contributed by atoms with Gasteiger partial charge in [0.2, 0.25) is 0 Å². The maximum Gasteiger partial charge on any atom is 0.416 e. The average molecular weight is 576 g/mol. The molecule has 5 heterocycles. The topological polar surface area (TPSA) is 84.0 Å². The molecule has 5 aromatic rings. The Kier molecular flexibility index (Phi) is 7.42. The van der Waals surface area contributed by atoms with Crippen molar-refractivity contribution in [1.29, 1.82) is 0 Å². The molecule has 1 fully saturated rings. The van der Waals surface area contributed by atoms with E-state index < -0.39 is 17.6 Å². The molecule has 0 aliphatic carbocycles. The van der Waals surface area contributed by atoms with Crippen molar-refractivity contribution in [2.45, 2.75) is 19.0 Å². The van der Waals surface area contributed by atoms with Crippen LogP contribution in [0, 0.1) is 5.82 Å². The number of Topliss-reactive ketones (excluding diaryl/α,β-unsaturated/α-hetero) is 1. The van der Waals surface area contributed by atoms with Crippen molar-refractivity contribution in [2.75, 3.05) is 31.2 Å². The number of aromatic amines is 1. The van der Waals surface area contributed by atoms with Crippen molar-refractivity contribution in [1.82, 2.24) is 19.9 Å². The second-order valence-electron chi connectivity index (χ2n) is 10.1. The van der Waals surface area contributed by atoms with Crippen LogP contribution < -0.4 is 4.90 Å². The fourth-order valence-electron chi connectivity index (χ4n) is 4.99. The first-order chi connectivity index (χ1) is 20.2. The maximum atomic E-state index is 15.2. The van der Waals surface area contributed by atoms with Gasteiger partial charge in [0.25, 0.3) is 0 Å². The van der Waals surface area contributed by atoms with E-state index in [1.54, 1.807) is 24.5 Å². The molecule has 4 aromatic heterocycles. The Bertz CT molecular complexity index is 1750. The molecule has 11 heteroatoms. The van der Waals surface area contributed by atoms with Crippen LogP contribution in [0.5, 0.6) is 0 Å². The number of morpholine rings is 1. The summed E-state index contributed by atoms with van der Waals surface area (Å²) in [5.74, 6) is -0.00629. The summed E-state index contributed by atoms with van der Waals surface area (Å²) in [5, 5.41) is 0.798. The van der Waals surface area contributed by atoms with Gasteiger partial charge in [-0.15, -0.1) is 0 Å². The predicted molar refractivity (Wildman–Crippen MR) is 149 cm³/mol. The summed E-state index contributed by atoms with van der Waals surface area (Å²) in [7, 11) is 0. The summed E-state index contributed by atoms with van der Waals surface area (Å²) < 4.78 is 59.4. The highest BCUT2D eigenvalue weighted by atomic mass is 19.4. The molecule has 1 N–H and O–H groups in total. The van der Waals surface area contributed by atoms with E-state index in [-0.39, 0.29) is 24.3 Å². The number of hydrogen-bond donors (Lipinski definition) is 1. The van der Waals surface area contributed by atoms with Gasteiger partial charge >= 0.3 is 6.18 Å². The van der Waals surface area contributed by atoms with E-state index in [0.717, 1.165) is 53.9 Å². The van der Waals surface area contributed by atoms with E-state index in [1.807, 2.05) is 24.3 Å². The summed E-state index contributed by atoms with van der Waals surface area (Å²) in [6.07, 6.45) is -0.534. The third-order valence-electron chi connectivity index (χ3n) is 7.13. The first-order valence-corrected chi connectivity index (χ1v) is 13.3. The minimum Gasteiger partial charge on any atom is -0.378 e. The van der Waals surface area contributed by atoms with Gasteiger partial charge in [-0.05, 0) is 48.0 Å². The van der Waals surface area contributed by atoms with Gasteiger partial charge < -0.3 is 14.6 Å². The number of H-pyrrole nitrogens is 1. The lowest BCUT2D eigenvalue weighted by Crippen LogP contribution is -2.36. The van der Waals surface area contributed by atoms with Gasteiger partial charge in [-0.1, -0.05) is 12.1 Å². The van der Waals surface area contributed by atoms with Crippen molar-refractivity contribution in [2.24, 2.45) is 0 Å². The first-order valence-electron chi connectivity index (χ1n) is 13.3. The van der Waals surface area contributed by atoms with Crippen LogP contribution in [0.1, 0.15) is 16.8 Å². The fourth-order valence-corrected chi connectivity index (χ4v) is 4.99. The van der Waals surface area contributed by atoms with Crippen molar-refractivity contribution in [3.63, 3.8) is 0 Å². The number of halogens is 4. The number of ether oxygens (including phenoxy) is 1. The van der Waals surface area contributed by atoms with Crippen molar-refractivity contribution >= 4 is 22.6 Å². The SMILES string of the molecule is O=C(Cc1ccc(-c2cnc3[nH]c(-c4ccc(N5CCOCC5)nc4)cc3c2)c(F)c1)Cc1cc(C(F)(F)F)ccn1. The van der Waals surface area contributed by atoms with Gasteiger partial charge in [0.1, 0.15) is 23.1 Å². The van der Waals surface area contributed by atoms with Crippen LogP contribution >= 0.6 is 0 Å². The molecule has 1 saturated heterocycles. The molecule has 6 rings (SSSR count). The normalized spacial score (nSPS) is 14.0. The Morgan fingerprint density at radius 3 is 2.45 bits per heavy atom. The summed E-state index contributed by atoms with van der Waals surface area (Å²) >= 11 is 0. The lowest BCUT2D eigenvalue weighted by molar-refractivity contribution is -0.137. The molecule has 0 spiro atoms. The number of rotatable bonds is 7. The minimum absolute atomic E-state index is 0.0148. The number of carbonyl (C=O) groups is 1. The lowest BCUT2D eigenvalue weighted by Gasteiger charge is -2.27. The number of aromatic nitrogens is 4. The van der Waals surface area contributed by atoms with Crippen molar-refractivity contribution in [3.05, 3.63) is 95.8 Å². The monoisotopic (exact) mass is 575 g/mol. The highest BCUT2D eigenvalue weighted by Crippen LogP contribution is 2.31. The zero-order valence-corrected chi connectivity index (χ0v) is 22.3. The number of carbonyl (C=O) groups excluding carboxylic acids is 1. The number of alkyl halides is 3. The van der Waals surface area contributed by atoms with Crippen LogP contribution in [0.25, 0.3) is 33.4 Å². The third-order valence-corrected chi connectivity index (χ3v) is 7.13. The van der Waals surface area contributed by atoms with E-state index in [2.05, 4.69) is 24.8 Å². The zero-order valence-electron chi connectivity index (χ0n) is 22.3. The number of pyridine rings is 3. The minimum atomic E-state index is -4.52. The predicted octanol–water partition coefficient (Wildman–Crippen LogP) is 6.04. The van der Waals surface area contributed by atoms with Gasteiger partial charge in [0.15, 0.2) is 0 Å². The second-order valence-corrected chi connectivity index (χ2v) is 10.1. The Morgan fingerprint density at radius 1 is 0.905 bits per heavy atom. The van der Waals surface area contributed by atoms with Crippen LogP contribution in [-0.4, -0.2) is 52.0 Å². The molecule has 0 amide bonds. The van der Waals surface area contributed by atoms with Gasteiger partial charge in [0, 0.05) is 78.0 Å². The second kappa shape index (κ2) is 11.3. The molecular weight excluding hydrogens is 550 g/mol. The molecule has 1 aliphatic rings. The Hall–Kier alpha value is -4.64. The van der Waals surface area contributed by atoms with Gasteiger partial charge in [-0.25, -0.2) is 14.4 Å². The van der Waals surface area contributed by atoms with Gasteiger partial charge in [-0.2, -0.15) is 13.2 Å². The number of fused-ring (bicyclic) bond motifs is 1. The number of benzene rings is 1.